The molecule has 1 heterocycles. The summed E-state index contributed by atoms with van der Waals surface area (Å²) in [5.74, 6) is -0.169. The number of carbonyl (C=O) groups excluding carboxylic acids is 2. The van der Waals surface area contributed by atoms with Crippen LogP contribution in [0.3, 0.4) is 0 Å². The minimum Gasteiger partial charge on any atom is -0.362 e. The maximum absolute atomic E-state index is 12.3. The summed E-state index contributed by atoms with van der Waals surface area (Å²) in [6.07, 6.45) is 1.81. The molecule has 0 aliphatic carbocycles. The number of carbonyl (C=O) groups is 2. The highest BCUT2D eigenvalue weighted by Crippen LogP contribution is 2.18. The molecule has 2 amide bonds. The standard InChI is InChI=1S/C17H24N2O3/c1-14(20)19-11-12-22-17(2,13-19)16(21)18-10-6-9-15-7-4-3-5-8-15/h3-5,7-8H,6,9-13H2,1-2H3,(H,18,21)/t17-/m0/s1. The number of aryl methyl sites for hydroxylation is 1. The van der Waals surface area contributed by atoms with Crippen molar-refractivity contribution in [1.82, 2.24) is 10.2 Å². The number of nitrogens with zero attached hydrogens (tertiary/aromatic N) is 1. The van der Waals surface area contributed by atoms with Crippen LogP contribution in [0.1, 0.15) is 25.8 Å². The number of hydrogen-bond donors (Lipinski definition) is 1. The third-order valence-corrected chi connectivity index (χ3v) is 3.97. The van der Waals surface area contributed by atoms with Crippen LogP contribution in [0.5, 0.6) is 0 Å². The van der Waals surface area contributed by atoms with Gasteiger partial charge in [0.15, 0.2) is 5.60 Å². The Balaban J connectivity index is 1.77. The highest BCUT2D eigenvalue weighted by atomic mass is 16.5. The van der Waals surface area contributed by atoms with Gasteiger partial charge in [0.25, 0.3) is 5.91 Å². The molecule has 1 fully saturated rings. The zero-order valence-electron chi connectivity index (χ0n) is 13.3. The SMILES string of the molecule is CC(=O)N1CCO[C@](C)(C(=O)NCCCc2ccccc2)C1. The second-order valence-electron chi connectivity index (χ2n) is 5.86. The van der Waals surface area contributed by atoms with Gasteiger partial charge in [0.2, 0.25) is 5.91 Å². The van der Waals surface area contributed by atoms with E-state index < -0.39 is 5.60 Å². The molecule has 0 bridgehead atoms. The molecule has 1 N–H and O–H groups in total. The first kappa shape index (κ1) is 16.5. The zero-order valence-corrected chi connectivity index (χ0v) is 13.3. The summed E-state index contributed by atoms with van der Waals surface area (Å²) in [4.78, 5) is 25.5. The van der Waals surface area contributed by atoms with Gasteiger partial charge >= 0.3 is 0 Å². The molecule has 1 saturated heterocycles. The molecule has 2 rings (SSSR count). The van der Waals surface area contributed by atoms with Gasteiger partial charge in [-0.25, -0.2) is 0 Å². The molecule has 120 valence electrons. The average Bonchev–Trinajstić information content (AvgIpc) is 2.52. The Kier molecular flexibility index (Phi) is 5.55. The van der Waals surface area contributed by atoms with E-state index in [-0.39, 0.29) is 11.8 Å². The van der Waals surface area contributed by atoms with Crippen LogP contribution in [0.25, 0.3) is 0 Å². The van der Waals surface area contributed by atoms with Gasteiger partial charge in [-0.1, -0.05) is 30.3 Å². The number of hydrogen-bond acceptors (Lipinski definition) is 3. The van der Waals surface area contributed by atoms with Crippen LogP contribution >= 0.6 is 0 Å². The fourth-order valence-corrected chi connectivity index (χ4v) is 2.60. The Morgan fingerprint density at radius 3 is 2.73 bits per heavy atom. The quantitative estimate of drug-likeness (QED) is 0.836. The molecular weight excluding hydrogens is 280 g/mol. The molecule has 5 heteroatoms. The summed E-state index contributed by atoms with van der Waals surface area (Å²) in [5, 5.41) is 2.92. The predicted molar refractivity (Wildman–Crippen MR) is 84.4 cm³/mol. The summed E-state index contributed by atoms with van der Waals surface area (Å²) in [5.41, 5.74) is 0.316. The van der Waals surface area contributed by atoms with Crippen molar-refractivity contribution in [1.29, 1.82) is 0 Å². The lowest BCUT2D eigenvalue weighted by Crippen LogP contribution is -2.59. The highest BCUT2D eigenvalue weighted by molar-refractivity contribution is 5.86. The van der Waals surface area contributed by atoms with Crippen LogP contribution in [0.15, 0.2) is 30.3 Å². The van der Waals surface area contributed by atoms with Crippen LogP contribution in [-0.4, -0.2) is 48.6 Å². The van der Waals surface area contributed by atoms with Gasteiger partial charge in [0.1, 0.15) is 0 Å². The first-order valence-electron chi connectivity index (χ1n) is 7.73. The second-order valence-corrected chi connectivity index (χ2v) is 5.86. The van der Waals surface area contributed by atoms with Crippen LogP contribution < -0.4 is 5.32 Å². The van der Waals surface area contributed by atoms with E-state index in [4.69, 9.17) is 4.74 Å². The smallest absolute Gasteiger partial charge is 0.253 e. The average molecular weight is 304 g/mol. The Hall–Kier alpha value is -1.88. The van der Waals surface area contributed by atoms with E-state index in [1.807, 2.05) is 18.2 Å². The van der Waals surface area contributed by atoms with Crippen LogP contribution in [0, 0.1) is 0 Å². The topological polar surface area (TPSA) is 58.6 Å². The van der Waals surface area contributed by atoms with E-state index in [0.29, 0.717) is 26.2 Å². The van der Waals surface area contributed by atoms with Gasteiger partial charge in [0.05, 0.1) is 13.2 Å². The molecule has 1 aromatic rings. The van der Waals surface area contributed by atoms with Gasteiger partial charge in [-0.3, -0.25) is 9.59 Å². The first-order valence-corrected chi connectivity index (χ1v) is 7.73. The molecule has 0 spiro atoms. The summed E-state index contributed by atoms with van der Waals surface area (Å²) in [7, 11) is 0. The molecule has 1 aliphatic heterocycles. The van der Waals surface area contributed by atoms with Crippen molar-refractivity contribution in [3.63, 3.8) is 0 Å². The molecule has 0 aromatic heterocycles. The largest absolute Gasteiger partial charge is 0.362 e. The molecule has 0 radical (unpaired) electrons. The lowest BCUT2D eigenvalue weighted by molar-refractivity contribution is -0.162. The predicted octanol–water partition coefficient (Wildman–Crippen LogP) is 1.37. The third kappa shape index (κ3) is 4.31. The number of ether oxygens (including phenoxy) is 1. The number of nitrogens with one attached hydrogen (secondary N) is 1. The number of morpholine rings is 1. The summed E-state index contributed by atoms with van der Waals surface area (Å²) in [6, 6.07) is 10.2. The first-order chi connectivity index (χ1) is 10.5. The lowest BCUT2D eigenvalue weighted by atomic mass is 10.0. The highest BCUT2D eigenvalue weighted by Gasteiger charge is 2.39. The number of rotatable bonds is 5. The van der Waals surface area contributed by atoms with E-state index in [9.17, 15) is 9.59 Å². The van der Waals surface area contributed by atoms with Crippen molar-refractivity contribution >= 4 is 11.8 Å². The van der Waals surface area contributed by atoms with Gasteiger partial charge in [0, 0.05) is 20.0 Å². The normalized spacial score (nSPS) is 21.5. The van der Waals surface area contributed by atoms with Crippen molar-refractivity contribution in [2.75, 3.05) is 26.2 Å². The van der Waals surface area contributed by atoms with Crippen molar-refractivity contribution < 1.29 is 14.3 Å². The van der Waals surface area contributed by atoms with E-state index in [1.165, 1.54) is 12.5 Å². The summed E-state index contributed by atoms with van der Waals surface area (Å²) < 4.78 is 5.62. The lowest BCUT2D eigenvalue weighted by Gasteiger charge is -2.38. The molecule has 0 saturated carbocycles. The maximum atomic E-state index is 12.3. The van der Waals surface area contributed by atoms with E-state index >= 15 is 0 Å². The minimum absolute atomic E-state index is 0.0218. The number of amides is 2. The van der Waals surface area contributed by atoms with E-state index in [0.717, 1.165) is 12.8 Å². The van der Waals surface area contributed by atoms with Crippen LogP contribution in [0.2, 0.25) is 0 Å². The molecule has 0 unspecified atom stereocenters. The van der Waals surface area contributed by atoms with Crippen molar-refractivity contribution in [3.8, 4) is 0 Å². The summed E-state index contributed by atoms with van der Waals surface area (Å²) in [6.45, 7) is 5.12. The molecule has 22 heavy (non-hydrogen) atoms. The number of benzene rings is 1. The Bertz CT molecular complexity index is 518. The Labute approximate surface area is 131 Å². The van der Waals surface area contributed by atoms with Crippen molar-refractivity contribution in [3.05, 3.63) is 35.9 Å². The second kappa shape index (κ2) is 7.40. The third-order valence-electron chi connectivity index (χ3n) is 3.97. The fourth-order valence-electron chi connectivity index (χ4n) is 2.60. The van der Waals surface area contributed by atoms with Gasteiger partial charge in [-0.15, -0.1) is 0 Å². The molecular formula is C17H24N2O3. The zero-order chi connectivity index (χ0) is 16.0. The molecule has 5 nitrogen and oxygen atoms in total. The van der Waals surface area contributed by atoms with Gasteiger partial charge in [-0.2, -0.15) is 0 Å². The maximum Gasteiger partial charge on any atom is 0.253 e. The van der Waals surface area contributed by atoms with E-state index in [1.54, 1.807) is 11.8 Å². The van der Waals surface area contributed by atoms with Gasteiger partial charge in [-0.05, 0) is 25.3 Å². The van der Waals surface area contributed by atoms with Crippen LogP contribution in [0.4, 0.5) is 0 Å². The van der Waals surface area contributed by atoms with Crippen molar-refractivity contribution in [2.24, 2.45) is 0 Å². The fraction of sp³-hybridized carbons (Fsp3) is 0.529. The molecule has 1 aliphatic rings. The Morgan fingerprint density at radius 2 is 2.05 bits per heavy atom. The Morgan fingerprint density at radius 1 is 1.32 bits per heavy atom. The molecule has 1 aromatic carbocycles. The summed E-state index contributed by atoms with van der Waals surface area (Å²) >= 11 is 0. The van der Waals surface area contributed by atoms with Gasteiger partial charge < -0.3 is 15.0 Å². The van der Waals surface area contributed by atoms with E-state index in [2.05, 4.69) is 17.4 Å². The van der Waals surface area contributed by atoms with Crippen molar-refractivity contribution in [2.45, 2.75) is 32.3 Å². The minimum atomic E-state index is -0.948. The monoisotopic (exact) mass is 304 g/mol. The molecule has 1 atom stereocenters. The van der Waals surface area contributed by atoms with Crippen LogP contribution in [-0.2, 0) is 20.7 Å².